The molecule has 1 saturated heterocycles. The lowest BCUT2D eigenvalue weighted by molar-refractivity contribution is -0.385. The molecule has 2 heterocycles. The van der Waals surface area contributed by atoms with Crippen LogP contribution in [0.1, 0.15) is 39.6 Å². The topological polar surface area (TPSA) is 128 Å². The molecule has 1 aromatic heterocycles. The van der Waals surface area contributed by atoms with Crippen molar-refractivity contribution in [2.24, 2.45) is 0 Å². The molecule has 1 amide bonds. The Hall–Kier alpha value is -3.43. The molecule has 3 rings (SSSR count). The molecular weight excluding hydrogens is 356 g/mol. The number of carbonyl (C=O) groups excluding carboxylic acids is 1. The average molecular weight is 374 g/mol. The van der Waals surface area contributed by atoms with Crippen LogP contribution in [0.2, 0.25) is 0 Å². The fraction of sp³-hybridized carbons (Fsp3) is 0.353. The number of ether oxygens (including phenoxy) is 1. The van der Waals surface area contributed by atoms with Crippen LogP contribution in [0.5, 0.6) is 5.75 Å². The third kappa shape index (κ3) is 3.73. The monoisotopic (exact) mass is 374 g/mol. The number of carboxylic acids is 1. The number of nitro benzene ring substituents is 1. The Morgan fingerprint density at radius 2 is 2.04 bits per heavy atom. The number of aromatic carboxylic acids is 1. The first-order chi connectivity index (χ1) is 12.9. The number of benzene rings is 1. The van der Waals surface area contributed by atoms with Gasteiger partial charge in [-0.3, -0.25) is 19.6 Å². The summed E-state index contributed by atoms with van der Waals surface area (Å²) in [4.78, 5) is 36.0. The van der Waals surface area contributed by atoms with Crippen molar-refractivity contribution in [3.8, 4) is 5.75 Å². The van der Waals surface area contributed by atoms with Crippen LogP contribution in [0.25, 0.3) is 0 Å². The van der Waals surface area contributed by atoms with Gasteiger partial charge in [-0.25, -0.2) is 4.79 Å². The maximum Gasteiger partial charge on any atom is 0.338 e. The Kier molecular flexibility index (Phi) is 5.06. The second-order valence-corrected chi connectivity index (χ2v) is 6.18. The molecule has 1 fully saturated rings. The fourth-order valence-electron chi connectivity index (χ4n) is 3.12. The van der Waals surface area contributed by atoms with Gasteiger partial charge in [0.25, 0.3) is 11.6 Å². The highest BCUT2D eigenvalue weighted by molar-refractivity contribution is 5.98. The van der Waals surface area contributed by atoms with Gasteiger partial charge < -0.3 is 14.7 Å². The van der Waals surface area contributed by atoms with Crippen molar-refractivity contribution in [3.63, 3.8) is 0 Å². The predicted molar refractivity (Wildman–Crippen MR) is 93.0 cm³/mol. The minimum absolute atomic E-state index is 0.00921. The summed E-state index contributed by atoms with van der Waals surface area (Å²) in [5.74, 6) is -1.10. The van der Waals surface area contributed by atoms with Crippen LogP contribution in [0.4, 0.5) is 5.69 Å². The molecule has 0 aliphatic carbocycles. The highest BCUT2D eigenvalue weighted by atomic mass is 16.6. The lowest BCUT2D eigenvalue weighted by atomic mass is 10.0. The number of carbonyl (C=O) groups is 2. The molecule has 10 nitrogen and oxygen atoms in total. The average Bonchev–Trinajstić information content (AvgIpc) is 3.17. The summed E-state index contributed by atoms with van der Waals surface area (Å²) < 4.78 is 6.67. The number of aromatic nitrogens is 2. The summed E-state index contributed by atoms with van der Waals surface area (Å²) >= 11 is 0. The van der Waals surface area contributed by atoms with E-state index in [1.54, 1.807) is 9.58 Å². The molecule has 0 radical (unpaired) electrons. The first-order valence-electron chi connectivity index (χ1n) is 8.30. The van der Waals surface area contributed by atoms with Crippen molar-refractivity contribution in [2.75, 3.05) is 20.2 Å². The standard InChI is InChI=1S/C17H18N4O6/c1-27-13-2-3-15(21(25)26)14(8-13)16(22)19-6-4-12(5-7-19)20-10-11(9-18-20)17(23)24/h2-3,8-10,12H,4-7H2,1H3,(H,23,24). The Bertz CT molecular complexity index is 885. The van der Waals surface area contributed by atoms with Gasteiger partial charge in [-0.05, 0) is 25.0 Å². The molecule has 0 saturated carbocycles. The van der Waals surface area contributed by atoms with Gasteiger partial charge in [0, 0.05) is 25.4 Å². The SMILES string of the molecule is COc1ccc([N+](=O)[O-])c(C(=O)N2CCC(n3cc(C(=O)O)cn3)CC2)c1. The fourth-order valence-corrected chi connectivity index (χ4v) is 3.12. The van der Waals surface area contributed by atoms with E-state index in [-0.39, 0.29) is 22.9 Å². The first kappa shape index (κ1) is 18.4. The molecule has 1 N–H and O–H groups in total. The zero-order valence-corrected chi connectivity index (χ0v) is 14.6. The minimum Gasteiger partial charge on any atom is -0.497 e. The maximum absolute atomic E-state index is 12.8. The first-order valence-corrected chi connectivity index (χ1v) is 8.30. The molecule has 0 spiro atoms. The van der Waals surface area contributed by atoms with Gasteiger partial charge >= 0.3 is 5.97 Å². The van der Waals surface area contributed by atoms with Crippen molar-refractivity contribution in [1.82, 2.24) is 14.7 Å². The van der Waals surface area contributed by atoms with Gasteiger partial charge in [-0.2, -0.15) is 5.10 Å². The number of amides is 1. The molecule has 0 bridgehead atoms. The van der Waals surface area contributed by atoms with Gasteiger partial charge in [0.15, 0.2) is 0 Å². The number of carboxylic acid groups (broad SMARTS) is 1. The quantitative estimate of drug-likeness (QED) is 0.626. The largest absolute Gasteiger partial charge is 0.497 e. The van der Waals surface area contributed by atoms with E-state index >= 15 is 0 Å². The molecule has 10 heteroatoms. The summed E-state index contributed by atoms with van der Waals surface area (Å²) in [7, 11) is 1.43. The van der Waals surface area contributed by atoms with Crippen LogP contribution < -0.4 is 4.74 Å². The molecule has 2 aromatic rings. The van der Waals surface area contributed by atoms with Crippen LogP contribution in [-0.2, 0) is 0 Å². The molecule has 0 unspecified atom stereocenters. The number of hydrogen-bond donors (Lipinski definition) is 1. The smallest absolute Gasteiger partial charge is 0.338 e. The zero-order valence-electron chi connectivity index (χ0n) is 14.6. The Morgan fingerprint density at radius 3 is 2.59 bits per heavy atom. The second-order valence-electron chi connectivity index (χ2n) is 6.18. The van der Waals surface area contributed by atoms with Crippen LogP contribution in [-0.4, -0.2) is 56.8 Å². The number of nitrogens with zero attached hydrogens (tertiary/aromatic N) is 4. The lowest BCUT2D eigenvalue weighted by Crippen LogP contribution is -2.39. The molecule has 27 heavy (non-hydrogen) atoms. The number of nitro groups is 1. The van der Waals surface area contributed by atoms with Gasteiger partial charge in [0.05, 0.1) is 29.8 Å². The van der Waals surface area contributed by atoms with Crippen molar-refractivity contribution in [1.29, 1.82) is 0 Å². The zero-order chi connectivity index (χ0) is 19.6. The number of likely N-dealkylation sites (tertiary alicyclic amines) is 1. The Morgan fingerprint density at radius 1 is 1.33 bits per heavy atom. The van der Waals surface area contributed by atoms with E-state index < -0.39 is 16.8 Å². The van der Waals surface area contributed by atoms with Gasteiger partial charge in [0.2, 0.25) is 0 Å². The normalized spacial score (nSPS) is 14.8. The van der Waals surface area contributed by atoms with E-state index in [4.69, 9.17) is 9.84 Å². The Balaban J connectivity index is 1.73. The third-order valence-corrected chi connectivity index (χ3v) is 4.61. The molecule has 1 aliphatic rings. The Labute approximate surface area is 154 Å². The predicted octanol–water partition coefficient (Wildman–Crippen LogP) is 1.98. The lowest BCUT2D eigenvalue weighted by Gasteiger charge is -2.32. The third-order valence-electron chi connectivity index (χ3n) is 4.61. The molecule has 1 aromatic carbocycles. The van der Waals surface area contributed by atoms with E-state index in [0.717, 1.165) is 0 Å². The molecule has 1 aliphatic heterocycles. The molecule has 0 atom stereocenters. The summed E-state index contributed by atoms with van der Waals surface area (Å²) in [6.45, 7) is 0.778. The van der Waals surface area contributed by atoms with Gasteiger partial charge in [0.1, 0.15) is 11.3 Å². The number of hydrogen-bond acceptors (Lipinski definition) is 6. The van der Waals surface area contributed by atoms with Crippen LogP contribution in [0.3, 0.4) is 0 Å². The van der Waals surface area contributed by atoms with Crippen LogP contribution in [0, 0.1) is 10.1 Å². The van der Waals surface area contributed by atoms with E-state index in [2.05, 4.69) is 5.10 Å². The number of piperidine rings is 1. The van der Waals surface area contributed by atoms with Crippen LogP contribution in [0.15, 0.2) is 30.6 Å². The second kappa shape index (κ2) is 7.44. The molecular formula is C17H18N4O6. The summed E-state index contributed by atoms with van der Waals surface area (Å²) in [5.41, 5.74) is -0.160. The highest BCUT2D eigenvalue weighted by Crippen LogP contribution is 2.28. The molecule has 142 valence electrons. The summed E-state index contributed by atoms with van der Waals surface area (Å²) in [5, 5.41) is 24.3. The van der Waals surface area contributed by atoms with Crippen molar-refractivity contribution < 1.29 is 24.4 Å². The van der Waals surface area contributed by atoms with Gasteiger partial charge in [-0.1, -0.05) is 0 Å². The summed E-state index contributed by atoms with van der Waals surface area (Å²) in [6, 6.07) is 4.05. The van der Waals surface area contributed by atoms with Crippen molar-refractivity contribution in [2.45, 2.75) is 18.9 Å². The number of rotatable bonds is 5. The van der Waals surface area contributed by atoms with E-state index in [1.807, 2.05) is 0 Å². The maximum atomic E-state index is 12.8. The number of methoxy groups -OCH3 is 1. The summed E-state index contributed by atoms with van der Waals surface area (Å²) in [6.07, 6.45) is 3.91. The van der Waals surface area contributed by atoms with Crippen molar-refractivity contribution >= 4 is 17.6 Å². The van der Waals surface area contributed by atoms with Gasteiger partial charge in [-0.15, -0.1) is 0 Å². The van der Waals surface area contributed by atoms with E-state index in [1.165, 1.54) is 37.7 Å². The van der Waals surface area contributed by atoms with E-state index in [9.17, 15) is 19.7 Å². The van der Waals surface area contributed by atoms with E-state index in [0.29, 0.717) is 31.7 Å². The minimum atomic E-state index is -1.04. The highest BCUT2D eigenvalue weighted by Gasteiger charge is 2.29. The van der Waals surface area contributed by atoms with Crippen molar-refractivity contribution in [3.05, 3.63) is 51.8 Å². The van der Waals surface area contributed by atoms with Crippen LogP contribution >= 0.6 is 0 Å².